The summed E-state index contributed by atoms with van der Waals surface area (Å²) in [4.78, 5) is 14.4. The standard InChI is InChI=1S/C17H25N3O4S.ClH/c1-2-24-17(21)14-4-3-5-16(12-14)25(22,23)20-9-6-15(13-20)19-10-7-18-8-11-19;/h3-5,12,15,18H,2,6-11,13H2,1H3;1H. The van der Waals surface area contributed by atoms with Crippen molar-refractivity contribution in [1.82, 2.24) is 14.5 Å². The second kappa shape index (κ2) is 9.14. The maximum absolute atomic E-state index is 12.9. The molecule has 0 amide bonds. The van der Waals surface area contributed by atoms with E-state index in [2.05, 4.69) is 10.2 Å². The van der Waals surface area contributed by atoms with Crippen molar-refractivity contribution in [3.05, 3.63) is 29.8 Å². The molecule has 1 aromatic rings. The van der Waals surface area contributed by atoms with E-state index in [0.717, 1.165) is 32.6 Å². The molecule has 1 aromatic carbocycles. The summed E-state index contributed by atoms with van der Waals surface area (Å²) in [7, 11) is -3.60. The molecule has 7 nitrogen and oxygen atoms in total. The largest absolute Gasteiger partial charge is 0.462 e. The lowest BCUT2D eigenvalue weighted by atomic mass is 10.2. The van der Waals surface area contributed by atoms with Gasteiger partial charge in [0, 0.05) is 45.3 Å². The lowest BCUT2D eigenvalue weighted by molar-refractivity contribution is 0.0526. The Hall–Kier alpha value is -1.19. The van der Waals surface area contributed by atoms with E-state index in [4.69, 9.17) is 4.74 Å². The molecular formula is C17H26ClN3O4S. The van der Waals surface area contributed by atoms with Crippen molar-refractivity contribution in [2.45, 2.75) is 24.3 Å². The van der Waals surface area contributed by atoms with Gasteiger partial charge in [-0.05, 0) is 31.5 Å². The first-order valence-electron chi connectivity index (χ1n) is 8.74. The SMILES string of the molecule is CCOC(=O)c1cccc(S(=O)(=O)N2CCC(N3CCNCC3)C2)c1.Cl. The molecule has 1 atom stereocenters. The fraction of sp³-hybridized carbons (Fsp3) is 0.588. The molecule has 3 rings (SSSR count). The van der Waals surface area contributed by atoms with Gasteiger partial charge in [0.2, 0.25) is 10.0 Å². The van der Waals surface area contributed by atoms with Crippen LogP contribution in [0.4, 0.5) is 0 Å². The van der Waals surface area contributed by atoms with E-state index >= 15 is 0 Å². The van der Waals surface area contributed by atoms with E-state index in [0.29, 0.717) is 13.1 Å². The highest BCUT2D eigenvalue weighted by Crippen LogP contribution is 2.24. The zero-order chi connectivity index (χ0) is 17.9. The molecule has 2 aliphatic heterocycles. The van der Waals surface area contributed by atoms with Crippen LogP contribution < -0.4 is 5.32 Å². The average molecular weight is 404 g/mol. The Kier molecular flexibility index (Phi) is 7.42. The van der Waals surface area contributed by atoms with Crippen molar-refractivity contribution < 1.29 is 17.9 Å². The molecule has 0 radical (unpaired) electrons. The normalized spacial score (nSPS) is 22.0. The minimum absolute atomic E-state index is 0. The van der Waals surface area contributed by atoms with Gasteiger partial charge < -0.3 is 10.1 Å². The molecule has 0 bridgehead atoms. The number of nitrogens with zero attached hydrogens (tertiary/aromatic N) is 2. The number of sulfonamides is 1. The number of esters is 1. The van der Waals surface area contributed by atoms with Crippen molar-refractivity contribution in [3.63, 3.8) is 0 Å². The summed E-state index contributed by atoms with van der Waals surface area (Å²) in [6.07, 6.45) is 0.844. The third-order valence-electron chi connectivity index (χ3n) is 4.78. The number of ether oxygens (including phenoxy) is 1. The van der Waals surface area contributed by atoms with E-state index < -0.39 is 16.0 Å². The highest BCUT2D eigenvalue weighted by atomic mass is 35.5. The summed E-state index contributed by atoms with van der Waals surface area (Å²) in [5.74, 6) is -0.500. The van der Waals surface area contributed by atoms with Crippen LogP contribution in [0, 0.1) is 0 Å². The molecule has 146 valence electrons. The Balaban J connectivity index is 0.00000243. The number of benzene rings is 1. The monoisotopic (exact) mass is 403 g/mol. The Morgan fingerprint density at radius 1 is 1.27 bits per heavy atom. The smallest absolute Gasteiger partial charge is 0.338 e. The Morgan fingerprint density at radius 3 is 2.69 bits per heavy atom. The summed E-state index contributed by atoms with van der Waals surface area (Å²) in [6, 6.07) is 6.37. The number of carbonyl (C=O) groups is 1. The molecule has 2 aliphatic rings. The second-order valence-electron chi connectivity index (χ2n) is 6.34. The van der Waals surface area contributed by atoms with Crippen LogP contribution in [-0.2, 0) is 14.8 Å². The fourth-order valence-electron chi connectivity index (χ4n) is 3.42. The number of rotatable bonds is 5. The number of piperazine rings is 1. The summed E-state index contributed by atoms with van der Waals surface area (Å²) in [5.41, 5.74) is 0.265. The van der Waals surface area contributed by atoms with Gasteiger partial charge in [0.25, 0.3) is 0 Å². The van der Waals surface area contributed by atoms with Crippen molar-refractivity contribution in [2.24, 2.45) is 0 Å². The summed E-state index contributed by atoms with van der Waals surface area (Å²) in [5, 5.41) is 3.32. The highest BCUT2D eigenvalue weighted by Gasteiger charge is 2.35. The van der Waals surface area contributed by atoms with Gasteiger partial charge in [0.1, 0.15) is 0 Å². The van der Waals surface area contributed by atoms with Crippen LogP contribution in [0.2, 0.25) is 0 Å². The number of nitrogens with one attached hydrogen (secondary N) is 1. The first-order chi connectivity index (χ1) is 12.0. The van der Waals surface area contributed by atoms with Crippen LogP contribution in [0.5, 0.6) is 0 Å². The van der Waals surface area contributed by atoms with Crippen LogP contribution in [-0.4, -0.2) is 75.5 Å². The second-order valence-corrected chi connectivity index (χ2v) is 8.28. The highest BCUT2D eigenvalue weighted by molar-refractivity contribution is 7.89. The summed E-state index contributed by atoms with van der Waals surface area (Å²) >= 11 is 0. The van der Waals surface area contributed by atoms with Gasteiger partial charge in [-0.3, -0.25) is 4.90 Å². The average Bonchev–Trinajstić information content (AvgIpc) is 3.14. The molecule has 0 aliphatic carbocycles. The molecule has 0 saturated carbocycles. The van der Waals surface area contributed by atoms with Gasteiger partial charge in [-0.1, -0.05) is 6.07 Å². The maximum atomic E-state index is 12.9. The minimum atomic E-state index is -3.60. The number of halogens is 1. The number of carbonyl (C=O) groups excluding carboxylic acids is 1. The van der Waals surface area contributed by atoms with Gasteiger partial charge in [-0.25, -0.2) is 13.2 Å². The minimum Gasteiger partial charge on any atom is -0.462 e. The van der Waals surface area contributed by atoms with Gasteiger partial charge >= 0.3 is 5.97 Å². The zero-order valence-corrected chi connectivity index (χ0v) is 16.5. The Morgan fingerprint density at radius 2 is 2.00 bits per heavy atom. The van der Waals surface area contributed by atoms with Crippen LogP contribution in [0.1, 0.15) is 23.7 Å². The van der Waals surface area contributed by atoms with Crippen LogP contribution in [0.3, 0.4) is 0 Å². The summed E-state index contributed by atoms with van der Waals surface area (Å²) < 4.78 is 32.4. The van der Waals surface area contributed by atoms with Gasteiger partial charge in [-0.2, -0.15) is 4.31 Å². The third kappa shape index (κ3) is 4.55. The lowest BCUT2D eigenvalue weighted by Gasteiger charge is -2.32. The Labute approximate surface area is 161 Å². The van der Waals surface area contributed by atoms with Gasteiger partial charge in [0.15, 0.2) is 0 Å². The first kappa shape index (κ1) is 21.1. The molecule has 2 saturated heterocycles. The lowest BCUT2D eigenvalue weighted by Crippen LogP contribution is -2.49. The van der Waals surface area contributed by atoms with E-state index in [9.17, 15) is 13.2 Å². The molecule has 2 heterocycles. The van der Waals surface area contributed by atoms with E-state index in [1.54, 1.807) is 19.1 Å². The summed E-state index contributed by atoms with van der Waals surface area (Å²) in [6.45, 7) is 6.81. The predicted octanol–water partition coefficient (Wildman–Crippen LogP) is 0.953. The quantitative estimate of drug-likeness (QED) is 0.737. The van der Waals surface area contributed by atoms with E-state index in [1.807, 2.05) is 0 Å². The third-order valence-corrected chi connectivity index (χ3v) is 6.64. The fourth-order valence-corrected chi connectivity index (χ4v) is 4.96. The van der Waals surface area contributed by atoms with Crippen molar-refractivity contribution in [3.8, 4) is 0 Å². The molecule has 26 heavy (non-hydrogen) atoms. The zero-order valence-electron chi connectivity index (χ0n) is 14.9. The van der Waals surface area contributed by atoms with Crippen molar-refractivity contribution >= 4 is 28.4 Å². The van der Waals surface area contributed by atoms with Crippen LogP contribution in [0.25, 0.3) is 0 Å². The number of hydrogen-bond acceptors (Lipinski definition) is 6. The first-order valence-corrected chi connectivity index (χ1v) is 10.2. The van der Waals surface area contributed by atoms with E-state index in [-0.39, 0.29) is 35.5 Å². The van der Waals surface area contributed by atoms with Crippen LogP contribution in [0.15, 0.2) is 29.2 Å². The predicted molar refractivity (Wildman–Crippen MR) is 101 cm³/mol. The molecule has 0 spiro atoms. The molecular weight excluding hydrogens is 378 g/mol. The molecule has 2 fully saturated rings. The molecule has 0 aromatic heterocycles. The number of hydrogen-bond donors (Lipinski definition) is 1. The van der Waals surface area contributed by atoms with Gasteiger partial charge in [-0.15, -0.1) is 12.4 Å². The maximum Gasteiger partial charge on any atom is 0.338 e. The Bertz CT molecular complexity index is 722. The van der Waals surface area contributed by atoms with Crippen LogP contribution >= 0.6 is 12.4 Å². The van der Waals surface area contributed by atoms with Crippen molar-refractivity contribution in [2.75, 3.05) is 45.9 Å². The molecule has 9 heteroatoms. The van der Waals surface area contributed by atoms with Crippen molar-refractivity contribution in [1.29, 1.82) is 0 Å². The topological polar surface area (TPSA) is 79.0 Å². The molecule has 1 unspecified atom stereocenters. The molecule has 1 N–H and O–H groups in total. The van der Waals surface area contributed by atoms with Gasteiger partial charge in [0.05, 0.1) is 17.1 Å². The van der Waals surface area contributed by atoms with E-state index in [1.165, 1.54) is 16.4 Å².